The molecule has 1 aliphatic heterocycles. The fourth-order valence-corrected chi connectivity index (χ4v) is 4.11. The number of nitrogens with zero attached hydrogens (tertiary/aromatic N) is 2. The van der Waals surface area contributed by atoms with Crippen LogP contribution in [0.15, 0.2) is 54.9 Å². The minimum Gasteiger partial charge on any atom is -0.346 e. The van der Waals surface area contributed by atoms with Crippen LogP contribution in [0.3, 0.4) is 0 Å². The van der Waals surface area contributed by atoms with Crippen LogP contribution in [0, 0.1) is 0 Å². The normalized spacial score (nSPS) is 17.8. The first-order chi connectivity index (χ1) is 12.3. The average molecular weight is 333 g/mol. The van der Waals surface area contributed by atoms with E-state index in [9.17, 15) is 0 Å². The fraction of sp³-hybridized carbons (Fsp3) is 0.409. The highest BCUT2D eigenvalue weighted by Crippen LogP contribution is 2.32. The van der Waals surface area contributed by atoms with E-state index < -0.39 is 0 Å². The van der Waals surface area contributed by atoms with Crippen LogP contribution in [0.5, 0.6) is 0 Å². The molecule has 3 aromatic rings. The molecule has 0 amide bonds. The predicted octanol–water partition coefficient (Wildman–Crippen LogP) is 4.94. The van der Waals surface area contributed by atoms with Gasteiger partial charge in [-0.3, -0.25) is 0 Å². The van der Waals surface area contributed by atoms with Crippen molar-refractivity contribution in [1.29, 1.82) is 0 Å². The molecule has 2 aromatic heterocycles. The molecule has 1 unspecified atom stereocenters. The van der Waals surface area contributed by atoms with Crippen LogP contribution in [0.1, 0.15) is 49.1 Å². The van der Waals surface area contributed by atoms with Gasteiger partial charge in [0.2, 0.25) is 0 Å². The lowest BCUT2D eigenvalue weighted by atomic mass is 9.89. The summed E-state index contributed by atoms with van der Waals surface area (Å²) in [5.41, 5.74) is 3.95. The molecule has 3 nitrogen and oxygen atoms in total. The number of rotatable bonds is 5. The molecule has 25 heavy (non-hydrogen) atoms. The molecule has 3 heterocycles. The molecule has 0 saturated carbocycles. The maximum Gasteiger partial charge on any atom is 0.137 e. The molecule has 0 radical (unpaired) electrons. The number of nitrogens with one attached hydrogen (secondary N) is 1. The molecule has 130 valence electrons. The Hall–Kier alpha value is -2.13. The summed E-state index contributed by atoms with van der Waals surface area (Å²) < 4.78 is 0. The van der Waals surface area contributed by atoms with E-state index in [1.54, 1.807) is 0 Å². The lowest BCUT2D eigenvalue weighted by Crippen LogP contribution is -2.34. The number of likely N-dealkylation sites (tertiary alicyclic amines) is 1. The zero-order chi connectivity index (χ0) is 17.1. The Morgan fingerprint density at radius 3 is 2.72 bits per heavy atom. The van der Waals surface area contributed by atoms with E-state index in [1.807, 2.05) is 12.3 Å². The topological polar surface area (TPSA) is 31.9 Å². The second-order valence-electron chi connectivity index (χ2n) is 7.36. The van der Waals surface area contributed by atoms with Gasteiger partial charge < -0.3 is 9.88 Å². The molecule has 1 aliphatic rings. The first kappa shape index (κ1) is 16.3. The molecule has 1 N–H and O–H groups in total. The standard InChI is InChI=1S/C22H27N3/c1-17(18-6-3-2-4-7-18)9-13-25-14-10-19(11-15-25)21-16-24-22-20(21)8-5-12-23-22/h2-8,12,16-17,19H,9-11,13-15H2,1H3,(H,23,24). The number of aromatic nitrogens is 2. The summed E-state index contributed by atoms with van der Waals surface area (Å²) in [5.74, 6) is 1.30. The van der Waals surface area contributed by atoms with Gasteiger partial charge in [0.15, 0.2) is 0 Å². The zero-order valence-corrected chi connectivity index (χ0v) is 15.0. The first-order valence-corrected chi connectivity index (χ1v) is 9.50. The van der Waals surface area contributed by atoms with Crippen molar-refractivity contribution >= 4 is 11.0 Å². The Morgan fingerprint density at radius 2 is 1.92 bits per heavy atom. The SMILES string of the molecule is CC(CCN1CCC(c2c[nH]c3ncccc23)CC1)c1ccccc1. The Morgan fingerprint density at radius 1 is 1.12 bits per heavy atom. The minimum absolute atomic E-state index is 0.638. The molecule has 0 bridgehead atoms. The lowest BCUT2D eigenvalue weighted by molar-refractivity contribution is 0.207. The second kappa shape index (κ2) is 7.40. The number of fused-ring (bicyclic) bond motifs is 1. The quantitative estimate of drug-likeness (QED) is 0.717. The van der Waals surface area contributed by atoms with E-state index in [2.05, 4.69) is 64.4 Å². The van der Waals surface area contributed by atoms with Gasteiger partial charge in [0.25, 0.3) is 0 Å². The molecule has 4 rings (SSSR count). The van der Waals surface area contributed by atoms with Gasteiger partial charge in [-0.05, 0) is 74.0 Å². The predicted molar refractivity (Wildman–Crippen MR) is 104 cm³/mol. The van der Waals surface area contributed by atoms with Crippen molar-refractivity contribution in [1.82, 2.24) is 14.9 Å². The number of aromatic amines is 1. The van der Waals surface area contributed by atoms with Crippen LogP contribution >= 0.6 is 0 Å². The van der Waals surface area contributed by atoms with Crippen molar-refractivity contribution in [2.45, 2.75) is 38.0 Å². The zero-order valence-electron chi connectivity index (χ0n) is 15.0. The third kappa shape index (κ3) is 3.62. The van der Waals surface area contributed by atoms with Crippen LogP contribution < -0.4 is 0 Å². The Bertz CT molecular complexity index is 800. The van der Waals surface area contributed by atoms with E-state index in [4.69, 9.17) is 0 Å². The smallest absolute Gasteiger partial charge is 0.137 e. The molecule has 3 heteroatoms. The fourth-order valence-electron chi connectivity index (χ4n) is 4.11. The highest BCUT2D eigenvalue weighted by atomic mass is 15.1. The summed E-state index contributed by atoms with van der Waals surface area (Å²) in [5, 5.41) is 1.30. The third-order valence-corrected chi connectivity index (χ3v) is 5.76. The number of hydrogen-bond donors (Lipinski definition) is 1. The largest absolute Gasteiger partial charge is 0.346 e. The number of benzene rings is 1. The maximum absolute atomic E-state index is 4.42. The highest BCUT2D eigenvalue weighted by molar-refractivity contribution is 5.80. The minimum atomic E-state index is 0.638. The van der Waals surface area contributed by atoms with Crippen molar-refractivity contribution in [3.8, 4) is 0 Å². The summed E-state index contributed by atoms with van der Waals surface area (Å²) in [6.07, 6.45) is 7.78. The molecule has 0 aliphatic carbocycles. The summed E-state index contributed by atoms with van der Waals surface area (Å²) in [7, 11) is 0. The highest BCUT2D eigenvalue weighted by Gasteiger charge is 2.23. The summed E-state index contributed by atoms with van der Waals surface area (Å²) in [6, 6.07) is 15.1. The van der Waals surface area contributed by atoms with Gasteiger partial charge in [-0.15, -0.1) is 0 Å². The average Bonchev–Trinajstić information content (AvgIpc) is 3.11. The van der Waals surface area contributed by atoms with Gasteiger partial charge in [0.1, 0.15) is 5.65 Å². The maximum atomic E-state index is 4.42. The molecule has 1 fully saturated rings. The Balaban J connectivity index is 1.31. The molecular formula is C22H27N3. The van der Waals surface area contributed by atoms with Crippen LogP contribution in [-0.4, -0.2) is 34.5 Å². The van der Waals surface area contributed by atoms with E-state index in [-0.39, 0.29) is 0 Å². The van der Waals surface area contributed by atoms with Crippen LogP contribution in [-0.2, 0) is 0 Å². The van der Waals surface area contributed by atoms with E-state index in [1.165, 1.54) is 55.4 Å². The number of H-pyrrole nitrogens is 1. The van der Waals surface area contributed by atoms with E-state index in [0.717, 1.165) is 5.65 Å². The second-order valence-corrected chi connectivity index (χ2v) is 7.36. The molecule has 1 atom stereocenters. The van der Waals surface area contributed by atoms with E-state index >= 15 is 0 Å². The van der Waals surface area contributed by atoms with Crippen LogP contribution in [0.4, 0.5) is 0 Å². The molecular weight excluding hydrogens is 306 g/mol. The van der Waals surface area contributed by atoms with Gasteiger partial charge in [-0.1, -0.05) is 37.3 Å². The van der Waals surface area contributed by atoms with Gasteiger partial charge >= 0.3 is 0 Å². The number of pyridine rings is 1. The summed E-state index contributed by atoms with van der Waals surface area (Å²) >= 11 is 0. The van der Waals surface area contributed by atoms with Gasteiger partial charge in [-0.25, -0.2) is 4.98 Å². The van der Waals surface area contributed by atoms with Crippen LogP contribution in [0.2, 0.25) is 0 Å². The Labute approximate surface area is 150 Å². The van der Waals surface area contributed by atoms with Crippen molar-refractivity contribution in [2.24, 2.45) is 0 Å². The molecule has 1 aromatic carbocycles. The lowest BCUT2D eigenvalue weighted by Gasteiger charge is -2.32. The first-order valence-electron chi connectivity index (χ1n) is 9.50. The van der Waals surface area contributed by atoms with Gasteiger partial charge in [0, 0.05) is 17.8 Å². The molecule has 1 saturated heterocycles. The molecule has 0 spiro atoms. The monoisotopic (exact) mass is 333 g/mol. The Kier molecular flexibility index (Phi) is 4.84. The summed E-state index contributed by atoms with van der Waals surface area (Å²) in [4.78, 5) is 10.4. The van der Waals surface area contributed by atoms with Gasteiger partial charge in [0.05, 0.1) is 0 Å². The number of piperidine rings is 1. The van der Waals surface area contributed by atoms with Crippen molar-refractivity contribution < 1.29 is 0 Å². The number of hydrogen-bond acceptors (Lipinski definition) is 2. The third-order valence-electron chi connectivity index (χ3n) is 5.76. The van der Waals surface area contributed by atoms with Crippen molar-refractivity contribution in [2.75, 3.05) is 19.6 Å². The summed E-state index contributed by atoms with van der Waals surface area (Å²) in [6.45, 7) is 5.97. The van der Waals surface area contributed by atoms with Crippen molar-refractivity contribution in [3.63, 3.8) is 0 Å². The van der Waals surface area contributed by atoms with E-state index in [0.29, 0.717) is 11.8 Å². The van der Waals surface area contributed by atoms with Crippen molar-refractivity contribution in [3.05, 3.63) is 66.0 Å². The van der Waals surface area contributed by atoms with Gasteiger partial charge in [-0.2, -0.15) is 0 Å². The van der Waals surface area contributed by atoms with Crippen LogP contribution in [0.25, 0.3) is 11.0 Å².